The number of hydrogen-bond acceptors (Lipinski definition) is 3. The van der Waals surface area contributed by atoms with Crippen molar-refractivity contribution in [3.05, 3.63) is 22.4 Å². The molecule has 1 aliphatic carbocycles. The lowest BCUT2D eigenvalue weighted by molar-refractivity contribution is -0.123. The van der Waals surface area contributed by atoms with Crippen molar-refractivity contribution in [1.82, 2.24) is 5.32 Å². The third kappa shape index (κ3) is 2.62. The highest BCUT2D eigenvalue weighted by Crippen LogP contribution is 2.30. The molecule has 0 radical (unpaired) electrons. The molecule has 3 nitrogen and oxygen atoms in total. The Balaban J connectivity index is 1.95. The predicted octanol–water partition coefficient (Wildman–Crippen LogP) is 2.05. The first-order valence-corrected chi connectivity index (χ1v) is 6.69. The van der Waals surface area contributed by atoms with Crippen LogP contribution in [-0.4, -0.2) is 11.9 Å². The van der Waals surface area contributed by atoms with Crippen molar-refractivity contribution in [3.8, 4) is 0 Å². The van der Waals surface area contributed by atoms with Gasteiger partial charge in [-0.15, -0.1) is 11.3 Å². The summed E-state index contributed by atoms with van der Waals surface area (Å²) in [7, 11) is 0. The van der Waals surface area contributed by atoms with Crippen molar-refractivity contribution < 1.29 is 4.79 Å². The van der Waals surface area contributed by atoms with Crippen molar-refractivity contribution in [1.29, 1.82) is 0 Å². The average molecular weight is 238 g/mol. The number of rotatable bonds is 5. The molecule has 2 rings (SSSR count). The number of carbonyl (C=O) groups is 1. The van der Waals surface area contributed by atoms with Gasteiger partial charge in [-0.1, -0.05) is 19.4 Å². The Hall–Kier alpha value is -0.870. The maximum Gasteiger partial charge on any atom is 0.225 e. The van der Waals surface area contributed by atoms with Gasteiger partial charge in [-0.2, -0.15) is 0 Å². The van der Waals surface area contributed by atoms with Gasteiger partial charge in [0.1, 0.15) is 0 Å². The van der Waals surface area contributed by atoms with E-state index in [1.54, 1.807) is 11.3 Å². The first kappa shape index (κ1) is 11.6. The molecule has 4 heteroatoms. The monoisotopic (exact) mass is 238 g/mol. The largest absolute Gasteiger partial charge is 0.348 e. The van der Waals surface area contributed by atoms with Crippen LogP contribution in [0.2, 0.25) is 0 Å². The lowest BCUT2D eigenvalue weighted by Crippen LogP contribution is -2.31. The van der Waals surface area contributed by atoms with Gasteiger partial charge in [0.2, 0.25) is 5.91 Å². The lowest BCUT2D eigenvalue weighted by atomic mass is 10.1. The quantitative estimate of drug-likeness (QED) is 0.825. The average Bonchev–Trinajstić information content (AvgIpc) is 2.81. The molecule has 1 aliphatic rings. The SMILES string of the molecule is CCCC(NC(=O)C1CC1N)c1cccs1. The van der Waals surface area contributed by atoms with E-state index >= 15 is 0 Å². The van der Waals surface area contributed by atoms with E-state index in [0.29, 0.717) is 0 Å². The van der Waals surface area contributed by atoms with Gasteiger partial charge in [0, 0.05) is 10.9 Å². The molecule has 1 fully saturated rings. The fraction of sp³-hybridized carbons (Fsp3) is 0.583. The topological polar surface area (TPSA) is 55.1 Å². The number of thiophene rings is 1. The summed E-state index contributed by atoms with van der Waals surface area (Å²) >= 11 is 1.70. The smallest absolute Gasteiger partial charge is 0.225 e. The van der Waals surface area contributed by atoms with Gasteiger partial charge in [0.25, 0.3) is 0 Å². The zero-order valence-electron chi connectivity index (χ0n) is 9.48. The van der Waals surface area contributed by atoms with E-state index in [9.17, 15) is 4.79 Å². The van der Waals surface area contributed by atoms with E-state index in [1.807, 2.05) is 11.4 Å². The van der Waals surface area contributed by atoms with Gasteiger partial charge in [-0.05, 0) is 24.3 Å². The normalized spacial score (nSPS) is 25.1. The Bertz CT molecular complexity index is 350. The summed E-state index contributed by atoms with van der Waals surface area (Å²) in [4.78, 5) is 13.0. The summed E-state index contributed by atoms with van der Waals surface area (Å²) in [5.74, 6) is 0.179. The molecule has 0 aliphatic heterocycles. The maximum atomic E-state index is 11.8. The second-order valence-corrected chi connectivity index (χ2v) is 5.35. The number of nitrogens with two attached hydrogens (primary N) is 1. The maximum absolute atomic E-state index is 11.8. The van der Waals surface area contributed by atoms with Crippen LogP contribution in [0.3, 0.4) is 0 Å². The number of amides is 1. The van der Waals surface area contributed by atoms with E-state index < -0.39 is 0 Å². The zero-order chi connectivity index (χ0) is 11.5. The first-order valence-electron chi connectivity index (χ1n) is 5.81. The van der Waals surface area contributed by atoms with Crippen LogP contribution in [0.15, 0.2) is 17.5 Å². The minimum absolute atomic E-state index is 0.0549. The molecule has 1 amide bonds. The summed E-state index contributed by atoms with van der Waals surface area (Å²) in [6.45, 7) is 2.13. The van der Waals surface area contributed by atoms with Gasteiger partial charge < -0.3 is 11.1 Å². The Kier molecular flexibility index (Phi) is 3.61. The second-order valence-electron chi connectivity index (χ2n) is 4.37. The highest BCUT2D eigenvalue weighted by molar-refractivity contribution is 7.10. The highest BCUT2D eigenvalue weighted by Gasteiger charge is 2.40. The van der Waals surface area contributed by atoms with Gasteiger partial charge in [-0.25, -0.2) is 0 Å². The van der Waals surface area contributed by atoms with Crippen LogP contribution in [0.25, 0.3) is 0 Å². The van der Waals surface area contributed by atoms with Crippen molar-refractivity contribution >= 4 is 17.2 Å². The fourth-order valence-electron chi connectivity index (χ4n) is 1.86. The first-order chi connectivity index (χ1) is 7.72. The number of carbonyl (C=O) groups excluding carboxylic acids is 1. The fourth-order valence-corrected chi connectivity index (χ4v) is 2.67. The minimum atomic E-state index is 0.0549. The Morgan fingerprint density at radius 1 is 1.75 bits per heavy atom. The third-order valence-corrected chi connectivity index (χ3v) is 3.94. The Morgan fingerprint density at radius 2 is 2.50 bits per heavy atom. The second kappa shape index (κ2) is 4.97. The summed E-state index contributed by atoms with van der Waals surface area (Å²) in [5.41, 5.74) is 5.68. The van der Waals surface area contributed by atoms with E-state index in [1.165, 1.54) is 4.88 Å². The predicted molar refractivity (Wildman–Crippen MR) is 66.2 cm³/mol. The van der Waals surface area contributed by atoms with Crippen molar-refractivity contribution in [2.75, 3.05) is 0 Å². The molecule has 0 saturated heterocycles. The molecule has 0 bridgehead atoms. The minimum Gasteiger partial charge on any atom is -0.348 e. The molecule has 1 heterocycles. The molecule has 3 unspecified atom stereocenters. The zero-order valence-corrected chi connectivity index (χ0v) is 10.3. The van der Waals surface area contributed by atoms with Crippen molar-refractivity contribution in [2.45, 2.75) is 38.3 Å². The molecule has 88 valence electrons. The van der Waals surface area contributed by atoms with Crippen LogP contribution in [0.5, 0.6) is 0 Å². The van der Waals surface area contributed by atoms with Crippen LogP contribution < -0.4 is 11.1 Å². The van der Waals surface area contributed by atoms with Gasteiger partial charge in [0.05, 0.1) is 12.0 Å². The van der Waals surface area contributed by atoms with E-state index in [2.05, 4.69) is 18.3 Å². The van der Waals surface area contributed by atoms with E-state index in [0.717, 1.165) is 19.3 Å². The van der Waals surface area contributed by atoms with Gasteiger partial charge in [-0.3, -0.25) is 4.79 Å². The molecule has 3 atom stereocenters. The van der Waals surface area contributed by atoms with E-state index in [4.69, 9.17) is 5.73 Å². The number of nitrogens with one attached hydrogen (secondary N) is 1. The number of hydrogen-bond donors (Lipinski definition) is 2. The van der Waals surface area contributed by atoms with E-state index in [-0.39, 0.29) is 23.9 Å². The summed E-state index contributed by atoms with van der Waals surface area (Å²) in [5, 5.41) is 5.15. The van der Waals surface area contributed by atoms with Crippen LogP contribution in [-0.2, 0) is 4.79 Å². The molecule has 0 spiro atoms. The third-order valence-electron chi connectivity index (χ3n) is 2.96. The summed E-state index contributed by atoms with van der Waals surface area (Å²) in [6.07, 6.45) is 2.91. The summed E-state index contributed by atoms with van der Waals surface area (Å²) < 4.78 is 0. The molecular weight excluding hydrogens is 220 g/mol. The molecule has 1 aromatic rings. The van der Waals surface area contributed by atoms with Crippen LogP contribution >= 0.6 is 11.3 Å². The van der Waals surface area contributed by atoms with Gasteiger partial charge in [0.15, 0.2) is 0 Å². The molecule has 16 heavy (non-hydrogen) atoms. The van der Waals surface area contributed by atoms with Gasteiger partial charge >= 0.3 is 0 Å². The van der Waals surface area contributed by atoms with Crippen LogP contribution in [0.1, 0.15) is 37.1 Å². The Morgan fingerprint density at radius 3 is 3.00 bits per heavy atom. The Labute approximate surface area is 100 Å². The van der Waals surface area contributed by atoms with Crippen LogP contribution in [0.4, 0.5) is 0 Å². The molecule has 1 saturated carbocycles. The molecule has 0 aromatic carbocycles. The molecular formula is C12H18N2OS. The van der Waals surface area contributed by atoms with Crippen LogP contribution in [0, 0.1) is 5.92 Å². The summed E-state index contributed by atoms with van der Waals surface area (Å²) in [6, 6.07) is 4.37. The standard InChI is InChI=1S/C12H18N2OS/c1-2-4-10(11-5-3-6-16-11)14-12(15)8-7-9(8)13/h3,5-6,8-10H,2,4,7,13H2,1H3,(H,14,15). The highest BCUT2D eigenvalue weighted by atomic mass is 32.1. The molecule has 1 aromatic heterocycles. The molecule has 3 N–H and O–H groups in total. The van der Waals surface area contributed by atoms with Crippen molar-refractivity contribution in [2.24, 2.45) is 11.7 Å². The van der Waals surface area contributed by atoms with Crippen molar-refractivity contribution in [3.63, 3.8) is 0 Å². The lowest BCUT2D eigenvalue weighted by Gasteiger charge is -2.16.